The van der Waals surface area contributed by atoms with Crippen molar-refractivity contribution in [1.29, 1.82) is 5.26 Å². The van der Waals surface area contributed by atoms with Crippen LogP contribution in [0.3, 0.4) is 0 Å². The molecule has 0 atom stereocenters. The monoisotopic (exact) mass is 201 g/mol. The van der Waals surface area contributed by atoms with E-state index in [-0.39, 0.29) is 0 Å². The van der Waals surface area contributed by atoms with Crippen molar-refractivity contribution in [3.63, 3.8) is 0 Å². The first kappa shape index (κ1) is 10.0. The zero-order valence-corrected chi connectivity index (χ0v) is 9.16. The number of rotatable bonds is 3. The summed E-state index contributed by atoms with van der Waals surface area (Å²) >= 11 is 0. The minimum Gasteiger partial charge on any atom is -0.490 e. The van der Waals surface area contributed by atoms with Gasteiger partial charge < -0.3 is 4.74 Å². The van der Waals surface area contributed by atoms with Crippen LogP contribution in [0.25, 0.3) is 0 Å². The molecule has 2 rings (SSSR count). The SMILES string of the molecule is CC(C)c1ccc(C#N)cc1OC1CC1. The van der Waals surface area contributed by atoms with Crippen molar-refractivity contribution in [3.05, 3.63) is 29.3 Å². The maximum absolute atomic E-state index is 8.84. The first-order valence-electron chi connectivity index (χ1n) is 5.41. The fourth-order valence-corrected chi connectivity index (χ4v) is 1.55. The lowest BCUT2D eigenvalue weighted by Crippen LogP contribution is -2.01. The summed E-state index contributed by atoms with van der Waals surface area (Å²) in [7, 11) is 0. The minimum absolute atomic E-state index is 0.386. The molecule has 1 aliphatic rings. The molecule has 0 aliphatic heterocycles. The average molecular weight is 201 g/mol. The molecule has 0 unspecified atom stereocenters. The summed E-state index contributed by atoms with van der Waals surface area (Å²) in [5, 5.41) is 8.84. The van der Waals surface area contributed by atoms with Crippen molar-refractivity contribution in [3.8, 4) is 11.8 Å². The normalized spacial score (nSPS) is 15.1. The van der Waals surface area contributed by atoms with Gasteiger partial charge in [-0.15, -0.1) is 0 Å². The molecule has 0 spiro atoms. The largest absolute Gasteiger partial charge is 0.490 e. The van der Waals surface area contributed by atoms with Gasteiger partial charge in [0.25, 0.3) is 0 Å². The summed E-state index contributed by atoms with van der Waals surface area (Å²) in [4.78, 5) is 0. The highest BCUT2D eigenvalue weighted by Gasteiger charge is 2.25. The highest BCUT2D eigenvalue weighted by atomic mass is 16.5. The second-order valence-corrected chi connectivity index (χ2v) is 4.34. The molecule has 0 heterocycles. The summed E-state index contributed by atoms with van der Waals surface area (Å²) in [5.41, 5.74) is 1.87. The van der Waals surface area contributed by atoms with Crippen LogP contribution in [0, 0.1) is 11.3 Å². The summed E-state index contributed by atoms with van der Waals surface area (Å²) in [6.45, 7) is 4.28. The van der Waals surface area contributed by atoms with Crippen LogP contribution in [-0.4, -0.2) is 6.10 Å². The Balaban J connectivity index is 2.32. The third-order valence-electron chi connectivity index (χ3n) is 2.58. The Kier molecular flexibility index (Phi) is 2.64. The van der Waals surface area contributed by atoms with Gasteiger partial charge in [0.2, 0.25) is 0 Å². The summed E-state index contributed by atoms with van der Waals surface area (Å²) in [6, 6.07) is 7.86. The highest BCUT2D eigenvalue weighted by Crippen LogP contribution is 2.33. The zero-order valence-electron chi connectivity index (χ0n) is 9.16. The Labute approximate surface area is 90.5 Å². The van der Waals surface area contributed by atoms with E-state index in [0.717, 1.165) is 18.6 Å². The van der Waals surface area contributed by atoms with E-state index < -0.39 is 0 Å². The molecule has 0 bridgehead atoms. The first-order chi connectivity index (χ1) is 7.20. The van der Waals surface area contributed by atoms with Gasteiger partial charge in [-0.1, -0.05) is 19.9 Å². The number of nitriles is 1. The molecule has 78 valence electrons. The lowest BCUT2D eigenvalue weighted by molar-refractivity contribution is 0.299. The van der Waals surface area contributed by atoms with Crippen LogP contribution in [0.1, 0.15) is 43.7 Å². The van der Waals surface area contributed by atoms with Gasteiger partial charge >= 0.3 is 0 Å². The van der Waals surface area contributed by atoms with E-state index in [0.29, 0.717) is 17.6 Å². The topological polar surface area (TPSA) is 33.0 Å². The van der Waals surface area contributed by atoms with Crippen molar-refractivity contribution in [2.45, 2.75) is 38.7 Å². The van der Waals surface area contributed by atoms with Gasteiger partial charge in [0, 0.05) is 0 Å². The van der Waals surface area contributed by atoms with Crippen molar-refractivity contribution in [2.75, 3.05) is 0 Å². The molecule has 0 amide bonds. The third kappa shape index (κ3) is 2.30. The Morgan fingerprint density at radius 2 is 2.13 bits per heavy atom. The van der Waals surface area contributed by atoms with Gasteiger partial charge in [0.05, 0.1) is 17.7 Å². The van der Waals surface area contributed by atoms with Crippen LogP contribution in [0.4, 0.5) is 0 Å². The van der Waals surface area contributed by atoms with E-state index in [1.165, 1.54) is 5.56 Å². The number of benzene rings is 1. The molecule has 0 N–H and O–H groups in total. The summed E-state index contributed by atoms with van der Waals surface area (Å²) < 4.78 is 5.81. The Hall–Kier alpha value is -1.49. The van der Waals surface area contributed by atoms with E-state index in [2.05, 4.69) is 19.9 Å². The molecular formula is C13H15NO. The van der Waals surface area contributed by atoms with Gasteiger partial charge in [-0.2, -0.15) is 5.26 Å². The van der Waals surface area contributed by atoms with Crippen LogP contribution in [0.15, 0.2) is 18.2 Å². The van der Waals surface area contributed by atoms with Crippen LogP contribution >= 0.6 is 0 Å². The van der Waals surface area contributed by atoms with Crippen LogP contribution in [0.5, 0.6) is 5.75 Å². The molecule has 1 aromatic carbocycles. The van der Waals surface area contributed by atoms with Gasteiger partial charge in [-0.25, -0.2) is 0 Å². The van der Waals surface area contributed by atoms with Gasteiger partial charge in [-0.05, 0) is 36.5 Å². The van der Waals surface area contributed by atoms with Crippen LogP contribution in [0.2, 0.25) is 0 Å². The molecule has 2 nitrogen and oxygen atoms in total. The van der Waals surface area contributed by atoms with E-state index in [4.69, 9.17) is 10.00 Å². The van der Waals surface area contributed by atoms with Crippen molar-refractivity contribution in [2.24, 2.45) is 0 Å². The number of nitrogens with zero attached hydrogens (tertiary/aromatic N) is 1. The van der Waals surface area contributed by atoms with Gasteiger partial charge in [-0.3, -0.25) is 0 Å². The fourth-order valence-electron chi connectivity index (χ4n) is 1.55. The molecule has 0 aromatic heterocycles. The molecule has 1 saturated carbocycles. The van der Waals surface area contributed by atoms with Crippen molar-refractivity contribution < 1.29 is 4.74 Å². The molecule has 0 saturated heterocycles. The smallest absolute Gasteiger partial charge is 0.124 e. The average Bonchev–Trinajstić information content (AvgIpc) is 3.01. The summed E-state index contributed by atoms with van der Waals surface area (Å²) in [5.74, 6) is 1.33. The number of hydrogen-bond donors (Lipinski definition) is 0. The molecule has 1 aromatic rings. The van der Waals surface area contributed by atoms with E-state index >= 15 is 0 Å². The van der Waals surface area contributed by atoms with Gasteiger partial charge in [0.15, 0.2) is 0 Å². The lowest BCUT2D eigenvalue weighted by Gasteiger charge is -2.13. The van der Waals surface area contributed by atoms with Crippen LogP contribution in [-0.2, 0) is 0 Å². The Morgan fingerprint density at radius 1 is 1.40 bits per heavy atom. The predicted molar refractivity (Wildman–Crippen MR) is 58.9 cm³/mol. The fraction of sp³-hybridized carbons (Fsp3) is 0.462. The number of hydrogen-bond acceptors (Lipinski definition) is 2. The van der Waals surface area contributed by atoms with Crippen molar-refractivity contribution in [1.82, 2.24) is 0 Å². The summed E-state index contributed by atoms with van der Waals surface area (Å²) in [6.07, 6.45) is 2.68. The maximum Gasteiger partial charge on any atom is 0.124 e. The second kappa shape index (κ2) is 3.94. The maximum atomic E-state index is 8.84. The third-order valence-corrected chi connectivity index (χ3v) is 2.58. The van der Waals surface area contributed by atoms with Crippen molar-refractivity contribution >= 4 is 0 Å². The van der Waals surface area contributed by atoms with E-state index in [1.807, 2.05) is 18.2 Å². The standard InChI is InChI=1S/C13H15NO/c1-9(2)12-6-3-10(8-14)7-13(12)15-11-4-5-11/h3,6-7,9,11H,4-5H2,1-2H3. The van der Waals surface area contributed by atoms with E-state index in [9.17, 15) is 0 Å². The highest BCUT2D eigenvalue weighted by molar-refractivity contribution is 5.44. The van der Waals surface area contributed by atoms with E-state index in [1.54, 1.807) is 0 Å². The quantitative estimate of drug-likeness (QED) is 0.752. The molecule has 15 heavy (non-hydrogen) atoms. The number of ether oxygens (including phenoxy) is 1. The molecule has 2 heteroatoms. The zero-order chi connectivity index (χ0) is 10.8. The second-order valence-electron chi connectivity index (χ2n) is 4.34. The molecule has 1 aliphatic carbocycles. The van der Waals surface area contributed by atoms with Crippen LogP contribution < -0.4 is 4.74 Å². The minimum atomic E-state index is 0.386. The molecule has 1 fully saturated rings. The lowest BCUT2D eigenvalue weighted by atomic mass is 10.0. The Bertz CT molecular complexity index is 399. The first-order valence-corrected chi connectivity index (χ1v) is 5.41. The molecule has 0 radical (unpaired) electrons. The Morgan fingerprint density at radius 3 is 2.67 bits per heavy atom. The molecular weight excluding hydrogens is 186 g/mol. The van der Waals surface area contributed by atoms with Gasteiger partial charge in [0.1, 0.15) is 5.75 Å². The predicted octanol–water partition coefficient (Wildman–Crippen LogP) is 3.22.